The smallest absolute Gasteiger partial charge is 0.305 e. The first-order valence-electron chi connectivity index (χ1n) is 7.44. The molecule has 1 heterocycles. The molecule has 2 N–H and O–H groups in total. The van der Waals surface area contributed by atoms with Gasteiger partial charge in [-0.1, -0.05) is 45.0 Å². The van der Waals surface area contributed by atoms with Gasteiger partial charge >= 0.3 is 5.97 Å². The maximum absolute atomic E-state index is 12.1. The van der Waals surface area contributed by atoms with Crippen LogP contribution in [0.5, 0.6) is 0 Å². The van der Waals surface area contributed by atoms with Gasteiger partial charge in [-0.2, -0.15) is 0 Å². The van der Waals surface area contributed by atoms with Gasteiger partial charge in [0.2, 0.25) is 0 Å². The van der Waals surface area contributed by atoms with E-state index in [1.165, 1.54) is 12.3 Å². The Labute approximate surface area is 135 Å². The van der Waals surface area contributed by atoms with Crippen LogP contribution in [-0.4, -0.2) is 17.0 Å². The summed E-state index contributed by atoms with van der Waals surface area (Å²) in [5.74, 6) is -1.25. The van der Waals surface area contributed by atoms with E-state index in [9.17, 15) is 9.59 Å². The SMILES string of the molecule is CC(C)(C)c1ccc(C(CC(=O)O)NC(=O)c2ccco2)cc1. The van der Waals surface area contributed by atoms with E-state index in [4.69, 9.17) is 9.52 Å². The second kappa shape index (κ2) is 6.69. The highest BCUT2D eigenvalue weighted by Gasteiger charge is 2.21. The molecule has 5 nitrogen and oxygen atoms in total. The third kappa shape index (κ3) is 4.45. The average Bonchev–Trinajstić information content (AvgIpc) is 2.99. The van der Waals surface area contributed by atoms with E-state index < -0.39 is 17.9 Å². The molecule has 1 aromatic carbocycles. The van der Waals surface area contributed by atoms with Crippen molar-refractivity contribution in [2.45, 2.75) is 38.6 Å². The predicted molar refractivity (Wildman–Crippen MR) is 86.3 cm³/mol. The van der Waals surface area contributed by atoms with Gasteiger partial charge in [0, 0.05) is 0 Å². The highest BCUT2D eigenvalue weighted by Crippen LogP contribution is 2.25. The highest BCUT2D eigenvalue weighted by molar-refractivity contribution is 5.91. The van der Waals surface area contributed by atoms with Crippen LogP contribution in [0.3, 0.4) is 0 Å². The predicted octanol–water partition coefficient (Wildman–Crippen LogP) is 3.52. The fraction of sp³-hybridized carbons (Fsp3) is 0.333. The van der Waals surface area contributed by atoms with E-state index in [1.54, 1.807) is 6.07 Å². The van der Waals surface area contributed by atoms with Gasteiger partial charge < -0.3 is 14.8 Å². The Morgan fingerprint density at radius 2 is 1.83 bits per heavy atom. The number of hydrogen-bond donors (Lipinski definition) is 2. The molecule has 0 fully saturated rings. The summed E-state index contributed by atoms with van der Waals surface area (Å²) in [5, 5.41) is 11.8. The van der Waals surface area contributed by atoms with Crippen molar-refractivity contribution < 1.29 is 19.1 Å². The molecule has 122 valence electrons. The number of aliphatic carboxylic acids is 1. The Kier molecular flexibility index (Phi) is 4.89. The summed E-state index contributed by atoms with van der Waals surface area (Å²) in [6.07, 6.45) is 1.21. The van der Waals surface area contributed by atoms with Gasteiger partial charge in [-0.3, -0.25) is 9.59 Å². The average molecular weight is 315 g/mol. The zero-order valence-electron chi connectivity index (χ0n) is 13.5. The quantitative estimate of drug-likeness (QED) is 0.884. The van der Waals surface area contributed by atoms with Crippen molar-refractivity contribution in [2.24, 2.45) is 0 Å². The Balaban J connectivity index is 2.21. The number of rotatable bonds is 5. The van der Waals surface area contributed by atoms with E-state index in [2.05, 4.69) is 26.1 Å². The maximum Gasteiger partial charge on any atom is 0.305 e. The number of amides is 1. The molecule has 1 aromatic heterocycles. The molecule has 0 aliphatic heterocycles. The second-order valence-corrected chi connectivity index (χ2v) is 6.47. The molecule has 0 saturated carbocycles. The van der Waals surface area contributed by atoms with Crippen molar-refractivity contribution in [3.8, 4) is 0 Å². The Hall–Kier alpha value is -2.56. The zero-order chi connectivity index (χ0) is 17.0. The molecule has 5 heteroatoms. The van der Waals surface area contributed by atoms with Crippen LogP contribution in [0.4, 0.5) is 0 Å². The molecule has 2 rings (SSSR count). The lowest BCUT2D eigenvalue weighted by Gasteiger charge is -2.21. The van der Waals surface area contributed by atoms with Crippen LogP contribution in [0.1, 0.15) is 54.9 Å². The van der Waals surface area contributed by atoms with Gasteiger partial charge in [0.15, 0.2) is 5.76 Å². The van der Waals surface area contributed by atoms with Crippen LogP contribution in [0, 0.1) is 0 Å². The molecule has 0 spiro atoms. The Morgan fingerprint density at radius 3 is 2.30 bits per heavy atom. The molecule has 1 unspecified atom stereocenters. The zero-order valence-corrected chi connectivity index (χ0v) is 13.5. The van der Waals surface area contributed by atoms with Crippen molar-refractivity contribution >= 4 is 11.9 Å². The lowest BCUT2D eigenvalue weighted by Crippen LogP contribution is -2.30. The summed E-state index contributed by atoms with van der Waals surface area (Å²) < 4.78 is 5.04. The van der Waals surface area contributed by atoms with Crippen LogP contribution in [0.15, 0.2) is 47.1 Å². The van der Waals surface area contributed by atoms with Gasteiger partial charge in [0.25, 0.3) is 5.91 Å². The standard InChI is InChI=1S/C18H21NO4/c1-18(2,3)13-8-6-12(7-9-13)14(11-16(20)21)19-17(22)15-5-4-10-23-15/h4-10,14H,11H2,1-3H3,(H,19,22)(H,20,21). The van der Waals surface area contributed by atoms with E-state index in [-0.39, 0.29) is 17.6 Å². The van der Waals surface area contributed by atoms with Crippen LogP contribution >= 0.6 is 0 Å². The molecule has 0 aliphatic carbocycles. The van der Waals surface area contributed by atoms with Gasteiger partial charge in [0.05, 0.1) is 18.7 Å². The number of carboxylic acids is 1. The summed E-state index contributed by atoms with van der Waals surface area (Å²) in [4.78, 5) is 23.2. The van der Waals surface area contributed by atoms with Crippen LogP contribution < -0.4 is 5.32 Å². The third-order valence-electron chi connectivity index (χ3n) is 3.61. The molecule has 2 aromatic rings. The van der Waals surface area contributed by atoms with E-state index in [0.717, 1.165) is 11.1 Å². The van der Waals surface area contributed by atoms with Crippen molar-refractivity contribution in [1.82, 2.24) is 5.32 Å². The maximum atomic E-state index is 12.1. The minimum Gasteiger partial charge on any atom is -0.481 e. The normalized spacial score (nSPS) is 12.7. The summed E-state index contributed by atoms with van der Waals surface area (Å²) >= 11 is 0. The molecule has 1 amide bonds. The molecule has 0 radical (unpaired) electrons. The summed E-state index contributed by atoms with van der Waals surface area (Å²) in [6.45, 7) is 6.32. The summed E-state index contributed by atoms with van der Waals surface area (Å²) in [5.41, 5.74) is 1.91. The lowest BCUT2D eigenvalue weighted by atomic mass is 9.86. The number of furan rings is 1. The van der Waals surface area contributed by atoms with Crippen molar-refractivity contribution in [1.29, 1.82) is 0 Å². The topological polar surface area (TPSA) is 79.5 Å². The monoisotopic (exact) mass is 315 g/mol. The number of carboxylic acid groups (broad SMARTS) is 1. The number of nitrogens with one attached hydrogen (secondary N) is 1. The first kappa shape index (κ1) is 16.8. The molecule has 0 bridgehead atoms. The first-order chi connectivity index (χ1) is 10.8. The molecule has 0 saturated heterocycles. The molecular weight excluding hydrogens is 294 g/mol. The number of benzene rings is 1. The molecule has 23 heavy (non-hydrogen) atoms. The molecule has 1 atom stereocenters. The molecule has 0 aliphatic rings. The number of carbonyl (C=O) groups excluding carboxylic acids is 1. The lowest BCUT2D eigenvalue weighted by molar-refractivity contribution is -0.137. The minimum atomic E-state index is -0.977. The van der Waals surface area contributed by atoms with E-state index in [0.29, 0.717) is 0 Å². The van der Waals surface area contributed by atoms with Crippen molar-refractivity contribution in [2.75, 3.05) is 0 Å². The second-order valence-electron chi connectivity index (χ2n) is 6.47. The minimum absolute atomic E-state index is 0.0121. The van der Waals surface area contributed by atoms with Crippen LogP contribution in [-0.2, 0) is 10.2 Å². The number of carbonyl (C=O) groups is 2. The molecular formula is C18H21NO4. The van der Waals surface area contributed by atoms with Gasteiger partial charge in [-0.25, -0.2) is 0 Å². The van der Waals surface area contributed by atoms with Gasteiger partial charge in [-0.15, -0.1) is 0 Å². The summed E-state index contributed by atoms with van der Waals surface area (Å²) in [6, 6.07) is 10.2. The fourth-order valence-corrected chi connectivity index (χ4v) is 2.28. The Morgan fingerprint density at radius 1 is 1.17 bits per heavy atom. The van der Waals surface area contributed by atoms with E-state index >= 15 is 0 Å². The van der Waals surface area contributed by atoms with Gasteiger partial charge in [0.1, 0.15) is 0 Å². The number of hydrogen-bond acceptors (Lipinski definition) is 3. The first-order valence-corrected chi connectivity index (χ1v) is 7.44. The van der Waals surface area contributed by atoms with Crippen LogP contribution in [0.2, 0.25) is 0 Å². The third-order valence-corrected chi connectivity index (χ3v) is 3.61. The summed E-state index contributed by atoms with van der Waals surface area (Å²) in [7, 11) is 0. The fourth-order valence-electron chi connectivity index (χ4n) is 2.28. The van der Waals surface area contributed by atoms with Gasteiger partial charge in [-0.05, 0) is 28.7 Å². The van der Waals surface area contributed by atoms with E-state index in [1.807, 2.05) is 24.3 Å². The largest absolute Gasteiger partial charge is 0.481 e. The highest BCUT2D eigenvalue weighted by atomic mass is 16.4. The Bertz CT molecular complexity index is 666. The van der Waals surface area contributed by atoms with Crippen molar-refractivity contribution in [3.05, 3.63) is 59.5 Å². The van der Waals surface area contributed by atoms with Crippen molar-refractivity contribution in [3.63, 3.8) is 0 Å². The van der Waals surface area contributed by atoms with Crippen LogP contribution in [0.25, 0.3) is 0 Å².